The predicted molar refractivity (Wildman–Crippen MR) is 138 cm³/mol. The van der Waals surface area contributed by atoms with Gasteiger partial charge in [-0.1, -0.05) is 59.6 Å². The normalized spacial score (nSPS) is 11.1. The molecule has 5 aromatic rings. The molecule has 0 spiro atoms. The third kappa shape index (κ3) is 5.92. The lowest BCUT2D eigenvalue weighted by atomic mass is 9.97. The van der Waals surface area contributed by atoms with Crippen molar-refractivity contribution in [2.24, 2.45) is 0 Å². The maximum atomic E-state index is 13.3. The maximum absolute atomic E-state index is 13.3. The number of hydrogen-bond donors (Lipinski definition) is 0. The van der Waals surface area contributed by atoms with E-state index < -0.39 is 23.4 Å². The van der Waals surface area contributed by atoms with Gasteiger partial charge in [-0.2, -0.15) is 26.7 Å². The molecule has 2 heterocycles. The van der Waals surface area contributed by atoms with E-state index in [1.54, 1.807) is 25.1 Å². The van der Waals surface area contributed by atoms with Crippen molar-refractivity contribution >= 4 is 23.2 Å². The van der Waals surface area contributed by atoms with Crippen molar-refractivity contribution < 1.29 is 26.0 Å². The first-order chi connectivity index (χ1) is 18.1. The molecule has 0 aliphatic rings. The Morgan fingerprint density at radius 1 is 0.895 bits per heavy atom. The summed E-state index contributed by atoms with van der Waals surface area (Å²) in [7, 11) is 0. The smallest absolute Gasteiger partial charge is 0.435 e. The molecule has 0 radical (unpaired) electrons. The summed E-state index contributed by atoms with van der Waals surface area (Å²) >= 11 is 5.31. The molecule has 0 atom stereocenters. The first-order valence-electron chi connectivity index (χ1n) is 11.1. The van der Waals surface area contributed by atoms with Crippen LogP contribution in [-0.2, 0) is 17.7 Å². The van der Waals surface area contributed by atoms with Crippen LogP contribution in [-0.4, -0.2) is 23.2 Å². The largest absolute Gasteiger partial charge is 0.440 e. The topological polar surface area (TPSA) is 78.0 Å². The first kappa shape index (κ1) is 27.0. The van der Waals surface area contributed by atoms with Gasteiger partial charge in [-0.05, 0) is 48.4 Å². The van der Waals surface area contributed by atoms with E-state index in [4.69, 9.17) is 24.4 Å². The molecule has 0 saturated heterocycles. The third-order valence-electron chi connectivity index (χ3n) is 5.57. The molecule has 0 N–H and O–H groups in total. The van der Waals surface area contributed by atoms with Crippen LogP contribution in [0.4, 0.5) is 13.2 Å². The third-order valence-corrected chi connectivity index (χ3v) is 5.82. The zero-order chi connectivity index (χ0) is 27.4. The summed E-state index contributed by atoms with van der Waals surface area (Å²) < 4.78 is 63.6. The van der Waals surface area contributed by atoms with Gasteiger partial charge in [-0.15, -0.1) is 0 Å². The number of aryl methyl sites for hydroxylation is 2. The van der Waals surface area contributed by atoms with Crippen LogP contribution in [0, 0.1) is 13.8 Å². The van der Waals surface area contributed by atoms with E-state index in [0.29, 0.717) is 33.6 Å². The molecule has 0 amide bonds. The summed E-state index contributed by atoms with van der Waals surface area (Å²) in [6, 6.07) is 21.5. The molecule has 0 unspecified atom stereocenters. The van der Waals surface area contributed by atoms with Gasteiger partial charge in [0.25, 0.3) is 0 Å². The van der Waals surface area contributed by atoms with E-state index >= 15 is 0 Å². The Balaban J connectivity index is 0.00000107. The second-order valence-corrected chi connectivity index (χ2v) is 8.80. The lowest BCUT2D eigenvalue weighted by molar-refractivity contribution is -0.141. The summed E-state index contributed by atoms with van der Waals surface area (Å²) in [5, 5.41) is 4.37. The molecule has 0 saturated carbocycles. The number of rotatable bonds is 4. The average Bonchev–Trinajstić information content (AvgIpc) is 3.52. The van der Waals surface area contributed by atoms with Crippen LogP contribution in [0.5, 0.6) is 0 Å². The number of benzene rings is 3. The van der Waals surface area contributed by atoms with Crippen molar-refractivity contribution in [3.05, 3.63) is 101 Å². The lowest BCUT2D eigenvalue weighted by Gasteiger charge is -2.13. The summed E-state index contributed by atoms with van der Waals surface area (Å²) in [4.78, 5) is 4.56. The van der Waals surface area contributed by atoms with E-state index in [9.17, 15) is 13.2 Å². The monoisotopic (exact) mass is 557 g/mol. The van der Waals surface area contributed by atoms with Gasteiger partial charge in [-0.3, -0.25) is 0 Å². The molecule has 5 rings (SSSR count). The van der Waals surface area contributed by atoms with Crippen molar-refractivity contribution in [1.29, 1.82) is 0 Å². The van der Waals surface area contributed by atoms with Crippen LogP contribution in [0.25, 0.3) is 39.4 Å². The molecule has 11 heteroatoms. The van der Waals surface area contributed by atoms with Crippen molar-refractivity contribution in [3.8, 4) is 39.4 Å². The number of alkyl halides is 3. The Bertz CT molecular complexity index is 1620. The summed E-state index contributed by atoms with van der Waals surface area (Å²) in [6.45, 7) is 3.72. The SMILES string of the molecule is Cc1cccc(-c2ccc(-n3ccc(C(F)(F)F)n3)c(-c3oc(C)nc3-c3ccc(Cl)cc3)c2)c1.O=S=O. The standard InChI is InChI=1S/C27H19ClF3N3O.O2S/c1-16-4-3-5-19(14-16)20-8-11-23(34-13-12-24(33-34)27(29,30)31)22(15-20)26-25(32-17(2)35-26)18-6-9-21(28)10-7-18;1-3-2/h3-15H,1-2H3;. The van der Waals surface area contributed by atoms with Crippen molar-refractivity contribution in [1.82, 2.24) is 14.8 Å². The van der Waals surface area contributed by atoms with Gasteiger partial charge in [0.1, 0.15) is 5.69 Å². The number of nitrogens with zero attached hydrogens (tertiary/aromatic N) is 3. The van der Waals surface area contributed by atoms with E-state index in [0.717, 1.165) is 28.3 Å². The Morgan fingerprint density at radius 2 is 1.55 bits per heavy atom. The first-order valence-corrected chi connectivity index (χ1v) is 12.1. The van der Waals surface area contributed by atoms with Crippen molar-refractivity contribution in [2.75, 3.05) is 0 Å². The van der Waals surface area contributed by atoms with Crippen LogP contribution in [0.3, 0.4) is 0 Å². The second kappa shape index (κ2) is 11.2. The van der Waals surface area contributed by atoms with E-state index in [-0.39, 0.29) is 0 Å². The molecule has 0 aliphatic heterocycles. The predicted octanol–water partition coefficient (Wildman–Crippen LogP) is 7.48. The average molecular weight is 558 g/mol. The van der Waals surface area contributed by atoms with Gasteiger partial charge in [0.05, 0.1) is 5.69 Å². The Hall–Kier alpha value is -4.02. The molecule has 0 bridgehead atoms. The molecule has 0 fully saturated rings. The van der Waals surface area contributed by atoms with Crippen molar-refractivity contribution in [2.45, 2.75) is 20.0 Å². The molecule has 6 nitrogen and oxygen atoms in total. The van der Waals surface area contributed by atoms with E-state index in [1.165, 1.54) is 10.9 Å². The number of aromatic nitrogens is 3. The van der Waals surface area contributed by atoms with Crippen LogP contribution in [0.2, 0.25) is 5.02 Å². The Labute approximate surface area is 224 Å². The van der Waals surface area contributed by atoms with Gasteiger partial charge in [0.15, 0.2) is 17.3 Å². The van der Waals surface area contributed by atoms with Gasteiger partial charge in [0, 0.05) is 29.3 Å². The van der Waals surface area contributed by atoms with Crippen molar-refractivity contribution in [3.63, 3.8) is 0 Å². The highest BCUT2D eigenvalue weighted by Gasteiger charge is 2.34. The second-order valence-electron chi connectivity index (χ2n) is 8.23. The molecular weight excluding hydrogens is 539 g/mol. The summed E-state index contributed by atoms with van der Waals surface area (Å²) in [5.41, 5.74) is 4.29. The zero-order valence-corrected chi connectivity index (χ0v) is 21.6. The Kier molecular flexibility index (Phi) is 7.94. The van der Waals surface area contributed by atoms with E-state index in [1.807, 2.05) is 55.5 Å². The fourth-order valence-electron chi connectivity index (χ4n) is 3.94. The maximum Gasteiger partial charge on any atom is 0.435 e. The highest BCUT2D eigenvalue weighted by atomic mass is 35.5. The fourth-order valence-corrected chi connectivity index (χ4v) is 4.07. The van der Waals surface area contributed by atoms with Crippen LogP contribution in [0.1, 0.15) is 17.1 Å². The molecular formula is C27H19ClF3N3O3S. The van der Waals surface area contributed by atoms with Gasteiger partial charge < -0.3 is 4.42 Å². The minimum absolute atomic E-state index is 0.424. The highest BCUT2D eigenvalue weighted by Crippen LogP contribution is 2.39. The van der Waals surface area contributed by atoms with E-state index in [2.05, 4.69) is 10.1 Å². The molecule has 3 aromatic carbocycles. The lowest BCUT2D eigenvalue weighted by Crippen LogP contribution is -2.07. The van der Waals surface area contributed by atoms with Crippen LogP contribution < -0.4 is 0 Å². The van der Waals surface area contributed by atoms with Crippen LogP contribution >= 0.6 is 11.6 Å². The molecule has 38 heavy (non-hydrogen) atoms. The molecule has 0 aliphatic carbocycles. The minimum atomic E-state index is -4.55. The van der Waals surface area contributed by atoms with Gasteiger partial charge >= 0.3 is 17.7 Å². The van der Waals surface area contributed by atoms with Gasteiger partial charge in [-0.25, -0.2) is 9.67 Å². The zero-order valence-electron chi connectivity index (χ0n) is 20.0. The number of halogens is 4. The minimum Gasteiger partial charge on any atom is -0.440 e. The quantitative estimate of drug-likeness (QED) is 0.229. The number of hydrogen-bond acceptors (Lipinski definition) is 5. The van der Waals surface area contributed by atoms with Gasteiger partial charge in [0.2, 0.25) is 0 Å². The Morgan fingerprint density at radius 3 is 2.18 bits per heavy atom. The number of oxazole rings is 1. The molecule has 194 valence electrons. The summed E-state index contributed by atoms with van der Waals surface area (Å²) in [5.74, 6) is 0.853. The summed E-state index contributed by atoms with van der Waals surface area (Å²) in [6.07, 6.45) is -3.26. The van der Waals surface area contributed by atoms with Crippen LogP contribution in [0.15, 0.2) is 83.4 Å². The fraction of sp³-hybridized carbons (Fsp3) is 0.111. The highest BCUT2D eigenvalue weighted by molar-refractivity contribution is 7.51. The molecule has 2 aromatic heterocycles.